The number of fused-ring (bicyclic) bond motifs is 3. The second-order valence-corrected chi connectivity index (χ2v) is 8.57. The van der Waals surface area contributed by atoms with Crippen molar-refractivity contribution in [1.29, 1.82) is 0 Å². The highest BCUT2D eigenvalue weighted by Crippen LogP contribution is 2.30. The van der Waals surface area contributed by atoms with Crippen molar-refractivity contribution in [2.24, 2.45) is 0 Å². The van der Waals surface area contributed by atoms with Crippen LogP contribution in [0.3, 0.4) is 0 Å². The molecule has 0 radical (unpaired) electrons. The number of halogens is 2. The van der Waals surface area contributed by atoms with Crippen LogP contribution in [0.4, 0.5) is 14.7 Å². The molecule has 0 aliphatic carbocycles. The number of nitrogens with zero attached hydrogens (tertiary/aromatic N) is 6. The Kier molecular flexibility index (Phi) is 4.99. The van der Waals surface area contributed by atoms with E-state index in [2.05, 4.69) is 26.9 Å². The van der Waals surface area contributed by atoms with Crippen LogP contribution < -0.4 is 4.90 Å². The van der Waals surface area contributed by atoms with Gasteiger partial charge in [-0.05, 0) is 37.3 Å². The summed E-state index contributed by atoms with van der Waals surface area (Å²) in [4.78, 5) is 9.33. The first-order valence-electron chi connectivity index (χ1n) is 11.2. The third-order valence-corrected chi connectivity index (χ3v) is 6.42. The highest BCUT2D eigenvalue weighted by atomic mass is 19.2. The van der Waals surface area contributed by atoms with Gasteiger partial charge in [0.05, 0.1) is 11.8 Å². The predicted molar refractivity (Wildman–Crippen MR) is 124 cm³/mol. The van der Waals surface area contributed by atoms with E-state index in [-0.39, 0.29) is 6.04 Å². The lowest BCUT2D eigenvalue weighted by Crippen LogP contribution is -2.52. The Morgan fingerprint density at radius 2 is 1.88 bits per heavy atom. The largest absolute Gasteiger partial charge is 0.461 e. The number of rotatable bonds is 4. The van der Waals surface area contributed by atoms with Crippen LogP contribution >= 0.6 is 0 Å². The molecule has 34 heavy (non-hydrogen) atoms. The molecule has 0 N–H and O–H groups in total. The lowest BCUT2D eigenvalue weighted by atomic mass is 10.1. The molecule has 1 aliphatic rings. The van der Waals surface area contributed by atoms with Gasteiger partial charge in [0, 0.05) is 43.2 Å². The van der Waals surface area contributed by atoms with Crippen LogP contribution in [0.5, 0.6) is 0 Å². The molecule has 3 aromatic heterocycles. The topological polar surface area (TPSA) is 62.7 Å². The summed E-state index contributed by atoms with van der Waals surface area (Å²) >= 11 is 0. The first-order valence-corrected chi connectivity index (χ1v) is 11.2. The molecule has 0 amide bonds. The molecule has 0 unspecified atom stereocenters. The molecular weight excluding hydrogens is 438 g/mol. The van der Waals surface area contributed by atoms with E-state index < -0.39 is 11.6 Å². The quantitative estimate of drug-likeness (QED) is 0.393. The Morgan fingerprint density at radius 1 is 1.00 bits per heavy atom. The van der Waals surface area contributed by atoms with Crippen molar-refractivity contribution in [2.75, 3.05) is 24.5 Å². The van der Waals surface area contributed by atoms with Gasteiger partial charge in [-0.25, -0.2) is 18.2 Å². The summed E-state index contributed by atoms with van der Waals surface area (Å²) in [6.07, 6.45) is 1.61. The summed E-state index contributed by atoms with van der Waals surface area (Å²) in [5.41, 5.74) is 1.91. The zero-order chi connectivity index (χ0) is 23.2. The lowest BCUT2D eigenvalue weighted by Gasteiger charge is -2.40. The van der Waals surface area contributed by atoms with Crippen molar-refractivity contribution < 1.29 is 13.2 Å². The van der Waals surface area contributed by atoms with Gasteiger partial charge in [0.2, 0.25) is 11.8 Å². The van der Waals surface area contributed by atoms with E-state index >= 15 is 0 Å². The van der Waals surface area contributed by atoms with Crippen molar-refractivity contribution in [3.63, 3.8) is 0 Å². The fourth-order valence-electron chi connectivity index (χ4n) is 4.64. The molecule has 0 bridgehead atoms. The summed E-state index contributed by atoms with van der Waals surface area (Å²) in [5.74, 6) is 0.338. The highest BCUT2D eigenvalue weighted by molar-refractivity contribution is 5.93. The van der Waals surface area contributed by atoms with E-state index in [0.29, 0.717) is 49.0 Å². The van der Waals surface area contributed by atoms with Crippen LogP contribution in [-0.2, 0) is 6.54 Å². The van der Waals surface area contributed by atoms with Crippen LogP contribution in [0, 0.1) is 11.6 Å². The van der Waals surface area contributed by atoms with E-state index in [4.69, 9.17) is 9.40 Å². The summed E-state index contributed by atoms with van der Waals surface area (Å²) in [6.45, 7) is 4.43. The lowest BCUT2D eigenvalue weighted by molar-refractivity contribution is 0.177. The van der Waals surface area contributed by atoms with Gasteiger partial charge in [-0.3, -0.25) is 4.90 Å². The van der Waals surface area contributed by atoms with E-state index in [1.165, 1.54) is 0 Å². The molecular formula is C25H22F2N6O. The van der Waals surface area contributed by atoms with E-state index in [1.807, 2.05) is 40.8 Å². The van der Waals surface area contributed by atoms with Gasteiger partial charge >= 0.3 is 0 Å². The van der Waals surface area contributed by atoms with Gasteiger partial charge in [0.1, 0.15) is 0 Å². The van der Waals surface area contributed by atoms with Crippen molar-refractivity contribution in [3.05, 3.63) is 78.1 Å². The average Bonchev–Trinajstić information content (AvgIpc) is 3.53. The van der Waals surface area contributed by atoms with Gasteiger partial charge in [-0.2, -0.15) is 0 Å². The summed E-state index contributed by atoms with van der Waals surface area (Å²) in [5, 5.41) is 9.79. The molecule has 9 heteroatoms. The molecule has 1 fully saturated rings. The fourth-order valence-corrected chi connectivity index (χ4v) is 4.64. The zero-order valence-corrected chi connectivity index (χ0v) is 18.5. The second kappa shape index (κ2) is 8.18. The minimum Gasteiger partial charge on any atom is -0.461 e. The second-order valence-electron chi connectivity index (χ2n) is 8.57. The van der Waals surface area contributed by atoms with Crippen molar-refractivity contribution in [2.45, 2.75) is 19.5 Å². The third-order valence-electron chi connectivity index (χ3n) is 6.42. The number of anilines is 1. The van der Waals surface area contributed by atoms with Crippen LogP contribution in [0.15, 0.2) is 65.3 Å². The molecule has 172 valence electrons. The number of benzene rings is 2. The number of hydrogen-bond acceptors (Lipinski definition) is 6. The van der Waals surface area contributed by atoms with E-state index in [9.17, 15) is 8.78 Å². The molecule has 0 spiro atoms. The Labute approximate surface area is 194 Å². The highest BCUT2D eigenvalue weighted by Gasteiger charge is 2.29. The standard InChI is InChI=1S/C25H22F2N6O/c1-16-14-32(12-11-31(16)15-17-6-4-8-19(26)22(17)27)25-28-20-9-3-2-7-18(20)23-29-30-24(33(23)25)21-10-5-13-34-21/h2-10,13,16H,11-12,14-15H2,1H3/t16-/m1/s1. The predicted octanol–water partition coefficient (Wildman–Crippen LogP) is 4.53. The Morgan fingerprint density at radius 3 is 2.71 bits per heavy atom. The number of hydrogen-bond donors (Lipinski definition) is 0. The zero-order valence-electron chi connectivity index (χ0n) is 18.5. The van der Waals surface area contributed by atoms with E-state index in [0.717, 1.165) is 22.9 Å². The molecule has 4 heterocycles. The molecule has 5 aromatic rings. The normalized spacial score (nSPS) is 17.1. The van der Waals surface area contributed by atoms with Crippen LogP contribution in [0.2, 0.25) is 0 Å². The Balaban J connectivity index is 1.37. The van der Waals surface area contributed by atoms with Crippen LogP contribution in [0.25, 0.3) is 28.1 Å². The van der Waals surface area contributed by atoms with Crippen LogP contribution in [0.1, 0.15) is 12.5 Å². The maximum absolute atomic E-state index is 14.2. The number of aromatic nitrogens is 4. The first kappa shape index (κ1) is 20.7. The van der Waals surface area contributed by atoms with Gasteiger partial charge in [0.25, 0.3) is 0 Å². The Hall–Kier alpha value is -3.85. The van der Waals surface area contributed by atoms with E-state index in [1.54, 1.807) is 18.4 Å². The van der Waals surface area contributed by atoms with Gasteiger partial charge in [-0.15, -0.1) is 10.2 Å². The molecule has 1 aliphatic heterocycles. The Bertz CT molecular complexity index is 1480. The maximum Gasteiger partial charge on any atom is 0.213 e. The summed E-state index contributed by atoms with van der Waals surface area (Å²) < 4.78 is 35.5. The monoisotopic (exact) mass is 460 g/mol. The third kappa shape index (κ3) is 3.40. The molecule has 1 saturated heterocycles. The minimum atomic E-state index is -0.815. The molecule has 6 rings (SSSR count). The fraction of sp³-hybridized carbons (Fsp3) is 0.240. The number of piperazine rings is 1. The van der Waals surface area contributed by atoms with Crippen LogP contribution in [-0.4, -0.2) is 50.2 Å². The molecule has 0 saturated carbocycles. The summed E-state index contributed by atoms with van der Waals surface area (Å²) in [7, 11) is 0. The van der Waals surface area contributed by atoms with Gasteiger partial charge in [-0.1, -0.05) is 24.3 Å². The smallest absolute Gasteiger partial charge is 0.213 e. The maximum atomic E-state index is 14.2. The molecule has 7 nitrogen and oxygen atoms in total. The number of para-hydroxylation sites is 1. The molecule has 2 aromatic carbocycles. The minimum absolute atomic E-state index is 0.0864. The van der Waals surface area contributed by atoms with Crippen molar-refractivity contribution >= 4 is 22.5 Å². The van der Waals surface area contributed by atoms with Crippen molar-refractivity contribution in [1.82, 2.24) is 24.5 Å². The molecule has 1 atom stereocenters. The SMILES string of the molecule is C[C@@H]1CN(c2nc3ccccc3c3nnc(-c4ccco4)n23)CCN1Cc1cccc(F)c1F. The summed E-state index contributed by atoms with van der Waals surface area (Å²) in [6, 6.07) is 15.9. The average molecular weight is 460 g/mol. The van der Waals surface area contributed by atoms with Gasteiger partial charge in [0.15, 0.2) is 23.0 Å². The first-order chi connectivity index (χ1) is 16.6. The van der Waals surface area contributed by atoms with Gasteiger partial charge < -0.3 is 9.32 Å². The number of furan rings is 1. The van der Waals surface area contributed by atoms with Crippen molar-refractivity contribution in [3.8, 4) is 11.6 Å².